The second kappa shape index (κ2) is 3.25. The molecule has 0 saturated carbocycles. The average molecular weight is 215 g/mol. The van der Waals surface area contributed by atoms with Gasteiger partial charge in [0, 0.05) is 6.42 Å². The second-order valence-electron chi connectivity index (χ2n) is 3.39. The number of hydrogen-bond donors (Lipinski definition) is 1. The first-order chi connectivity index (χ1) is 6.98. The maximum Gasteiger partial charge on any atom is 0.418 e. The zero-order chi connectivity index (χ0) is 11.1. The second-order valence-corrected chi connectivity index (χ2v) is 3.39. The first kappa shape index (κ1) is 10.0. The fraction of sp³-hybridized carbons (Fsp3) is 0.300. The molecule has 2 nitrogen and oxygen atoms in total. The third kappa shape index (κ3) is 1.82. The quantitative estimate of drug-likeness (QED) is 0.708. The topological polar surface area (TPSA) is 29.1 Å². The maximum atomic E-state index is 12.6. The molecule has 1 aliphatic rings. The molecule has 0 spiro atoms. The highest BCUT2D eigenvalue weighted by molar-refractivity contribution is 5.94. The van der Waals surface area contributed by atoms with E-state index < -0.39 is 11.7 Å². The summed E-state index contributed by atoms with van der Waals surface area (Å²) in [5.41, 5.74) is -0.307. The molecule has 1 aromatic rings. The van der Waals surface area contributed by atoms with Crippen molar-refractivity contribution in [3.05, 3.63) is 29.3 Å². The van der Waals surface area contributed by atoms with Gasteiger partial charge in [0.15, 0.2) is 0 Å². The van der Waals surface area contributed by atoms with Crippen LogP contribution in [0.1, 0.15) is 17.5 Å². The van der Waals surface area contributed by atoms with Crippen molar-refractivity contribution in [2.75, 3.05) is 5.32 Å². The maximum absolute atomic E-state index is 12.6. The third-order valence-corrected chi connectivity index (χ3v) is 2.34. The highest BCUT2D eigenvalue weighted by Gasteiger charge is 2.35. The minimum Gasteiger partial charge on any atom is -0.325 e. The van der Waals surface area contributed by atoms with Gasteiger partial charge >= 0.3 is 6.18 Å². The number of alkyl halides is 3. The van der Waals surface area contributed by atoms with E-state index in [4.69, 9.17) is 0 Å². The Bertz CT molecular complexity index is 412. The van der Waals surface area contributed by atoms with E-state index in [1.54, 1.807) is 6.07 Å². The third-order valence-electron chi connectivity index (χ3n) is 2.34. The summed E-state index contributed by atoms with van der Waals surface area (Å²) in [5, 5.41) is 2.28. The van der Waals surface area contributed by atoms with Gasteiger partial charge in [-0.2, -0.15) is 13.2 Å². The van der Waals surface area contributed by atoms with E-state index >= 15 is 0 Å². The number of rotatable bonds is 0. The summed E-state index contributed by atoms with van der Waals surface area (Å²) in [6.07, 6.45) is -3.81. The SMILES string of the molecule is O=C1CCc2cccc(C(F)(F)F)c2N1. The molecule has 0 atom stereocenters. The van der Waals surface area contributed by atoms with Crippen LogP contribution >= 0.6 is 0 Å². The average Bonchev–Trinajstić information content (AvgIpc) is 2.15. The molecule has 0 radical (unpaired) electrons. The summed E-state index contributed by atoms with van der Waals surface area (Å²) in [4.78, 5) is 11.0. The Morgan fingerprint density at radius 1 is 1.20 bits per heavy atom. The fourth-order valence-electron chi connectivity index (χ4n) is 1.64. The fourth-order valence-corrected chi connectivity index (χ4v) is 1.64. The number of anilines is 1. The Balaban J connectivity index is 2.53. The van der Waals surface area contributed by atoms with E-state index in [0.29, 0.717) is 12.0 Å². The summed E-state index contributed by atoms with van der Waals surface area (Å²) in [7, 11) is 0. The summed E-state index contributed by atoms with van der Waals surface area (Å²) in [5.74, 6) is -0.362. The lowest BCUT2D eigenvalue weighted by atomic mass is 9.99. The number of hydrogen-bond acceptors (Lipinski definition) is 1. The molecular weight excluding hydrogens is 207 g/mol. The van der Waals surface area contributed by atoms with Gasteiger partial charge < -0.3 is 5.32 Å². The van der Waals surface area contributed by atoms with Crippen molar-refractivity contribution in [2.24, 2.45) is 0 Å². The van der Waals surface area contributed by atoms with Gasteiger partial charge in [-0.25, -0.2) is 0 Å². The molecule has 1 aliphatic heterocycles. The van der Waals surface area contributed by atoms with Crippen molar-refractivity contribution in [3.63, 3.8) is 0 Å². The predicted octanol–water partition coefficient (Wildman–Crippen LogP) is 2.59. The molecule has 1 aromatic carbocycles. The van der Waals surface area contributed by atoms with Crippen LogP contribution in [0.15, 0.2) is 18.2 Å². The van der Waals surface area contributed by atoms with Crippen LogP contribution in [0.4, 0.5) is 18.9 Å². The molecule has 5 heteroatoms. The Morgan fingerprint density at radius 2 is 1.93 bits per heavy atom. The normalized spacial score (nSPS) is 15.8. The Labute approximate surface area is 84.1 Å². The van der Waals surface area contributed by atoms with Gasteiger partial charge in [-0.05, 0) is 18.1 Å². The molecule has 0 aromatic heterocycles. The molecule has 80 valence electrons. The van der Waals surface area contributed by atoms with Crippen molar-refractivity contribution >= 4 is 11.6 Å². The lowest BCUT2D eigenvalue weighted by Gasteiger charge is -2.21. The van der Waals surface area contributed by atoms with Gasteiger partial charge in [0.05, 0.1) is 11.3 Å². The van der Waals surface area contributed by atoms with Gasteiger partial charge in [-0.15, -0.1) is 0 Å². The van der Waals surface area contributed by atoms with Gasteiger partial charge in [-0.3, -0.25) is 4.79 Å². The van der Waals surface area contributed by atoms with Crippen molar-refractivity contribution < 1.29 is 18.0 Å². The van der Waals surface area contributed by atoms with Gasteiger partial charge in [0.25, 0.3) is 0 Å². The number of carbonyl (C=O) groups excluding carboxylic acids is 1. The van der Waals surface area contributed by atoms with Crippen LogP contribution in [0.2, 0.25) is 0 Å². The number of benzene rings is 1. The molecule has 1 N–H and O–H groups in total. The smallest absolute Gasteiger partial charge is 0.325 e. The largest absolute Gasteiger partial charge is 0.418 e. The number of carbonyl (C=O) groups is 1. The highest BCUT2D eigenvalue weighted by Crippen LogP contribution is 2.38. The standard InChI is InChI=1S/C10H8F3NO/c11-10(12,13)7-3-1-2-6-4-5-8(15)14-9(6)7/h1-3H,4-5H2,(H,14,15). The van der Waals surface area contributed by atoms with Gasteiger partial charge in [0.1, 0.15) is 0 Å². The number of fused-ring (bicyclic) bond motifs is 1. The van der Waals surface area contributed by atoms with E-state index in [2.05, 4.69) is 5.32 Å². The molecule has 0 saturated heterocycles. The Morgan fingerprint density at radius 3 is 2.60 bits per heavy atom. The zero-order valence-corrected chi connectivity index (χ0v) is 7.69. The Hall–Kier alpha value is -1.52. The molecule has 1 amide bonds. The van der Waals surface area contributed by atoms with Gasteiger partial charge in [-0.1, -0.05) is 12.1 Å². The molecule has 0 aliphatic carbocycles. The summed E-state index contributed by atoms with van der Waals surface area (Å²) in [6.45, 7) is 0. The lowest BCUT2D eigenvalue weighted by Crippen LogP contribution is -2.22. The molecule has 2 rings (SSSR count). The molecule has 0 unspecified atom stereocenters. The first-order valence-electron chi connectivity index (χ1n) is 4.47. The van der Waals surface area contributed by atoms with Crippen LogP contribution in [-0.4, -0.2) is 5.91 Å². The molecule has 0 bridgehead atoms. The van der Waals surface area contributed by atoms with Crippen molar-refractivity contribution in [1.82, 2.24) is 0 Å². The zero-order valence-electron chi connectivity index (χ0n) is 7.69. The van der Waals surface area contributed by atoms with Crippen molar-refractivity contribution in [3.8, 4) is 0 Å². The Kier molecular flexibility index (Phi) is 2.17. The van der Waals surface area contributed by atoms with Crippen LogP contribution in [0.3, 0.4) is 0 Å². The van der Waals surface area contributed by atoms with Crippen LogP contribution in [0, 0.1) is 0 Å². The van der Waals surface area contributed by atoms with Crippen LogP contribution in [0.5, 0.6) is 0 Å². The van der Waals surface area contributed by atoms with E-state index in [1.165, 1.54) is 6.07 Å². The van der Waals surface area contributed by atoms with E-state index in [1.807, 2.05) is 0 Å². The number of para-hydroxylation sites is 1. The summed E-state index contributed by atoms with van der Waals surface area (Å²) >= 11 is 0. The summed E-state index contributed by atoms with van der Waals surface area (Å²) < 4.78 is 37.7. The van der Waals surface area contributed by atoms with E-state index in [-0.39, 0.29) is 18.0 Å². The number of aryl methyl sites for hydroxylation is 1. The number of nitrogens with one attached hydrogen (secondary N) is 1. The molecule has 0 fully saturated rings. The highest BCUT2D eigenvalue weighted by atomic mass is 19.4. The molecular formula is C10H8F3NO. The van der Waals surface area contributed by atoms with E-state index in [0.717, 1.165) is 6.07 Å². The predicted molar refractivity (Wildman–Crippen MR) is 48.4 cm³/mol. The van der Waals surface area contributed by atoms with Crippen LogP contribution in [0.25, 0.3) is 0 Å². The first-order valence-corrected chi connectivity index (χ1v) is 4.47. The molecule has 15 heavy (non-hydrogen) atoms. The minimum absolute atomic E-state index is 0.0822. The van der Waals surface area contributed by atoms with E-state index in [9.17, 15) is 18.0 Å². The van der Waals surface area contributed by atoms with Crippen LogP contribution < -0.4 is 5.32 Å². The van der Waals surface area contributed by atoms with Crippen molar-refractivity contribution in [1.29, 1.82) is 0 Å². The summed E-state index contributed by atoms with van der Waals surface area (Å²) in [6, 6.07) is 3.94. The monoisotopic (exact) mass is 215 g/mol. The molecule has 1 heterocycles. The minimum atomic E-state index is -4.42. The van der Waals surface area contributed by atoms with Crippen LogP contribution in [-0.2, 0) is 17.4 Å². The van der Waals surface area contributed by atoms with Crippen molar-refractivity contribution in [2.45, 2.75) is 19.0 Å². The number of amides is 1. The number of halogens is 3. The van der Waals surface area contributed by atoms with Gasteiger partial charge in [0.2, 0.25) is 5.91 Å². The lowest BCUT2D eigenvalue weighted by molar-refractivity contribution is -0.137.